The lowest BCUT2D eigenvalue weighted by Gasteiger charge is -2.32. The summed E-state index contributed by atoms with van der Waals surface area (Å²) in [5.74, 6) is -0.348. The molecule has 0 aromatic carbocycles. The molecule has 1 saturated carbocycles. The SMILES string of the molecule is CC(C)(C)C(NC(=O)N1CC2CCC1C2)C(=O)O. The van der Waals surface area contributed by atoms with Gasteiger partial charge in [-0.05, 0) is 30.6 Å². The Labute approximate surface area is 108 Å². The average Bonchev–Trinajstić information content (AvgIpc) is 2.84. The van der Waals surface area contributed by atoms with Gasteiger partial charge in [-0.2, -0.15) is 0 Å². The topological polar surface area (TPSA) is 69.6 Å². The van der Waals surface area contributed by atoms with E-state index in [2.05, 4.69) is 5.32 Å². The van der Waals surface area contributed by atoms with Crippen molar-refractivity contribution in [2.24, 2.45) is 11.3 Å². The number of carboxylic acid groups (broad SMARTS) is 1. The van der Waals surface area contributed by atoms with E-state index in [1.165, 1.54) is 6.42 Å². The molecule has 3 atom stereocenters. The second-order valence-electron chi connectivity index (χ2n) is 6.57. The Kier molecular flexibility index (Phi) is 3.25. The number of aliphatic carboxylic acids is 1. The highest BCUT2D eigenvalue weighted by molar-refractivity contribution is 5.83. The minimum absolute atomic E-state index is 0.218. The number of nitrogens with zero attached hydrogens (tertiary/aromatic N) is 1. The summed E-state index contributed by atoms with van der Waals surface area (Å²) in [6.07, 6.45) is 3.35. The fourth-order valence-corrected chi connectivity index (χ4v) is 3.03. The third-order valence-corrected chi connectivity index (χ3v) is 4.05. The van der Waals surface area contributed by atoms with Crippen molar-refractivity contribution in [1.29, 1.82) is 0 Å². The minimum Gasteiger partial charge on any atom is -0.480 e. The zero-order valence-electron chi connectivity index (χ0n) is 11.3. The molecule has 0 aromatic rings. The molecule has 3 unspecified atom stereocenters. The molecular formula is C13H22N2O3. The number of carbonyl (C=O) groups excluding carboxylic acids is 1. The monoisotopic (exact) mass is 254 g/mol. The van der Waals surface area contributed by atoms with Crippen LogP contribution < -0.4 is 5.32 Å². The molecule has 0 radical (unpaired) electrons. The second-order valence-corrected chi connectivity index (χ2v) is 6.57. The number of rotatable bonds is 2. The Morgan fingerprint density at radius 3 is 2.39 bits per heavy atom. The van der Waals surface area contributed by atoms with Crippen LogP contribution in [0, 0.1) is 11.3 Å². The average molecular weight is 254 g/mol. The Morgan fingerprint density at radius 2 is 2.00 bits per heavy atom. The van der Waals surface area contributed by atoms with Gasteiger partial charge in [-0.25, -0.2) is 9.59 Å². The Balaban J connectivity index is 2.00. The third kappa shape index (κ3) is 2.44. The number of likely N-dealkylation sites (tertiary alicyclic amines) is 1. The fourth-order valence-electron chi connectivity index (χ4n) is 3.03. The fraction of sp³-hybridized carbons (Fsp3) is 0.846. The number of hydrogen-bond acceptors (Lipinski definition) is 2. The van der Waals surface area contributed by atoms with Crippen molar-refractivity contribution in [3.8, 4) is 0 Å². The maximum Gasteiger partial charge on any atom is 0.326 e. The molecule has 1 aliphatic heterocycles. The van der Waals surface area contributed by atoms with Crippen LogP contribution in [-0.2, 0) is 4.79 Å². The van der Waals surface area contributed by atoms with E-state index in [-0.39, 0.29) is 6.03 Å². The van der Waals surface area contributed by atoms with E-state index in [1.54, 1.807) is 0 Å². The van der Waals surface area contributed by atoms with Gasteiger partial charge in [0, 0.05) is 12.6 Å². The Hall–Kier alpha value is -1.26. The van der Waals surface area contributed by atoms with E-state index in [0.29, 0.717) is 12.0 Å². The quantitative estimate of drug-likeness (QED) is 0.787. The number of urea groups is 1. The first-order valence-corrected chi connectivity index (χ1v) is 6.59. The molecular weight excluding hydrogens is 232 g/mol. The minimum atomic E-state index is -0.972. The summed E-state index contributed by atoms with van der Waals surface area (Å²) >= 11 is 0. The van der Waals surface area contributed by atoms with Crippen molar-refractivity contribution in [2.45, 2.75) is 52.1 Å². The predicted octanol–water partition coefficient (Wildman–Crippen LogP) is 1.68. The number of fused-ring (bicyclic) bond motifs is 2. The molecule has 2 N–H and O–H groups in total. The predicted molar refractivity (Wildman–Crippen MR) is 67.2 cm³/mol. The zero-order valence-corrected chi connectivity index (χ0v) is 11.3. The zero-order chi connectivity index (χ0) is 13.5. The largest absolute Gasteiger partial charge is 0.480 e. The van der Waals surface area contributed by atoms with E-state index in [4.69, 9.17) is 0 Å². The smallest absolute Gasteiger partial charge is 0.326 e. The molecule has 2 aliphatic rings. The number of carboxylic acids is 1. The number of piperidine rings is 1. The van der Waals surface area contributed by atoms with Crippen molar-refractivity contribution in [2.75, 3.05) is 6.54 Å². The van der Waals surface area contributed by atoms with Crippen molar-refractivity contribution in [3.63, 3.8) is 0 Å². The number of amides is 2. The molecule has 2 rings (SSSR count). The first-order chi connectivity index (χ1) is 8.29. The van der Waals surface area contributed by atoms with Gasteiger partial charge >= 0.3 is 12.0 Å². The summed E-state index contributed by atoms with van der Waals surface area (Å²) in [6.45, 7) is 6.25. The standard InChI is InChI=1S/C13H22N2O3/c1-13(2,3)10(11(16)17)14-12(18)15-7-8-4-5-9(15)6-8/h8-10H,4-7H2,1-3H3,(H,14,18)(H,16,17). The van der Waals surface area contributed by atoms with Gasteiger partial charge in [0.1, 0.15) is 6.04 Å². The van der Waals surface area contributed by atoms with E-state index in [1.807, 2.05) is 25.7 Å². The highest BCUT2D eigenvalue weighted by Crippen LogP contribution is 2.37. The maximum absolute atomic E-state index is 12.1. The van der Waals surface area contributed by atoms with Crippen LogP contribution in [0.2, 0.25) is 0 Å². The molecule has 1 saturated heterocycles. The van der Waals surface area contributed by atoms with Gasteiger partial charge in [0.2, 0.25) is 0 Å². The third-order valence-electron chi connectivity index (χ3n) is 4.05. The maximum atomic E-state index is 12.1. The summed E-state index contributed by atoms with van der Waals surface area (Å²) in [5, 5.41) is 11.9. The molecule has 0 spiro atoms. The van der Waals surface area contributed by atoms with Crippen LogP contribution in [0.25, 0.3) is 0 Å². The van der Waals surface area contributed by atoms with E-state index < -0.39 is 17.4 Å². The van der Waals surface area contributed by atoms with E-state index in [9.17, 15) is 14.7 Å². The summed E-state index contributed by atoms with van der Waals surface area (Å²) in [7, 11) is 0. The first-order valence-electron chi connectivity index (χ1n) is 6.59. The number of hydrogen-bond donors (Lipinski definition) is 2. The van der Waals surface area contributed by atoms with Crippen molar-refractivity contribution in [3.05, 3.63) is 0 Å². The second kappa shape index (κ2) is 4.44. The molecule has 2 amide bonds. The van der Waals surface area contributed by atoms with Crippen molar-refractivity contribution >= 4 is 12.0 Å². The van der Waals surface area contributed by atoms with Gasteiger partial charge in [0.15, 0.2) is 0 Å². The lowest BCUT2D eigenvalue weighted by Crippen LogP contribution is -2.54. The van der Waals surface area contributed by atoms with Crippen LogP contribution in [0.4, 0.5) is 4.79 Å². The summed E-state index contributed by atoms with van der Waals surface area (Å²) in [4.78, 5) is 25.2. The first kappa shape index (κ1) is 13.2. The summed E-state index contributed by atoms with van der Waals surface area (Å²) in [6, 6.07) is -0.738. The number of nitrogens with one attached hydrogen (secondary N) is 1. The van der Waals surface area contributed by atoms with E-state index >= 15 is 0 Å². The Bertz CT molecular complexity index is 362. The summed E-state index contributed by atoms with van der Waals surface area (Å²) in [5.41, 5.74) is -0.486. The molecule has 102 valence electrons. The lowest BCUT2D eigenvalue weighted by atomic mass is 9.87. The van der Waals surface area contributed by atoms with Crippen LogP contribution in [-0.4, -0.2) is 40.6 Å². The lowest BCUT2D eigenvalue weighted by molar-refractivity contribution is -0.142. The molecule has 1 aliphatic carbocycles. The van der Waals surface area contributed by atoms with Gasteiger partial charge in [-0.15, -0.1) is 0 Å². The molecule has 18 heavy (non-hydrogen) atoms. The molecule has 0 aromatic heterocycles. The highest BCUT2D eigenvalue weighted by Gasteiger charge is 2.42. The molecule has 5 nitrogen and oxygen atoms in total. The Morgan fingerprint density at radius 1 is 1.33 bits per heavy atom. The van der Waals surface area contributed by atoms with Crippen molar-refractivity contribution < 1.29 is 14.7 Å². The molecule has 2 fully saturated rings. The van der Waals surface area contributed by atoms with E-state index in [0.717, 1.165) is 19.4 Å². The van der Waals surface area contributed by atoms with Gasteiger partial charge in [0.05, 0.1) is 0 Å². The van der Waals surface area contributed by atoms with Gasteiger partial charge in [0.25, 0.3) is 0 Å². The van der Waals surface area contributed by atoms with Crippen molar-refractivity contribution in [1.82, 2.24) is 10.2 Å². The van der Waals surface area contributed by atoms with Gasteiger partial charge in [-0.3, -0.25) is 0 Å². The highest BCUT2D eigenvalue weighted by atomic mass is 16.4. The van der Waals surface area contributed by atoms with Crippen LogP contribution in [0.3, 0.4) is 0 Å². The van der Waals surface area contributed by atoms with Gasteiger partial charge < -0.3 is 15.3 Å². The van der Waals surface area contributed by atoms with Gasteiger partial charge in [-0.1, -0.05) is 20.8 Å². The number of carbonyl (C=O) groups is 2. The van der Waals surface area contributed by atoms with Crippen LogP contribution >= 0.6 is 0 Å². The molecule has 2 bridgehead atoms. The van der Waals surface area contributed by atoms with Crippen LogP contribution in [0.1, 0.15) is 40.0 Å². The normalized spacial score (nSPS) is 28.3. The molecule has 1 heterocycles. The van der Waals surface area contributed by atoms with Crippen LogP contribution in [0.15, 0.2) is 0 Å². The summed E-state index contributed by atoms with van der Waals surface area (Å²) < 4.78 is 0. The molecule has 5 heteroatoms. The van der Waals surface area contributed by atoms with Crippen LogP contribution in [0.5, 0.6) is 0 Å².